The highest BCUT2D eigenvalue weighted by molar-refractivity contribution is 6.88. The van der Waals surface area contributed by atoms with E-state index >= 15 is 0 Å². The van der Waals surface area contributed by atoms with Crippen LogP contribution in [0, 0.1) is 0 Å². The Balaban J connectivity index is 2.34. The lowest BCUT2D eigenvalue weighted by Gasteiger charge is -2.16. The Hall–Kier alpha value is -1.87. The maximum absolute atomic E-state index is 12.5. The molecule has 0 saturated heterocycles. The first kappa shape index (κ1) is 14.5. The lowest BCUT2D eigenvalue weighted by molar-refractivity contribution is 0.103. The summed E-state index contributed by atoms with van der Waals surface area (Å²) in [4.78, 5) is 12.5. The Morgan fingerprint density at radius 2 is 1.55 bits per heavy atom. The standard InChI is InChI=1S/C17H20O2Si/c1-19-16-8-6-5-7-15(16)17(18)13-9-11-14(12-10-13)20(2,3)4/h5-12H,1-4H3. The highest BCUT2D eigenvalue weighted by Gasteiger charge is 2.18. The van der Waals surface area contributed by atoms with Gasteiger partial charge < -0.3 is 4.74 Å². The molecular formula is C17H20O2Si. The molecule has 0 heterocycles. The first-order chi connectivity index (χ1) is 9.43. The van der Waals surface area contributed by atoms with Gasteiger partial charge in [0.15, 0.2) is 5.78 Å². The fraction of sp³-hybridized carbons (Fsp3) is 0.235. The van der Waals surface area contributed by atoms with Crippen molar-refractivity contribution in [3.63, 3.8) is 0 Å². The number of para-hydroxylation sites is 1. The monoisotopic (exact) mass is 284 g/mol. The smallest absolute Gasteiger partial charge is 0.196 e. The zero-order valence-electron chi connectivity index (χ0n) is 12.4. The minimum absolute atomic E-state index is 0.00424. The molecule has 0 spiro atoms. The molecular weight excluding hydrogens is 264 g/mol. The fourth-order valence-corrected chi connectivity index (χ4v) is 3.28. The van der Waals surface area contributed by atoms with Crippen LogP contribution in [0.3, 0.4) is 0 Å². The number of carbonyl (C=O) groups is 1. The van der Waals surface area contributed by atoms with E-state index in [2.05, 4.69) is 31.8 Å². The predicted octanol–water partition coefficient (Wildman–Crippen LogP) is 3.47. The first-order valence-electron chi connectivity index (χ1n) is 6.72. The summed E-state index contributed by atoms with van der Waals surface area (Å²) in [6.07, 6.45) is 0. The second kappa shape index (κ2) is 5.63. The van der Waals surface area contributed by atoms with Crippen LogP contribution in [0.15, 0.2) is 48.5 Å². The number of ketones is 1. The maximum atomic E-state index is 12.5. The zero-order chi connectivity index (χ0) is 14.8. The van der Waals surface area contributed by atoms with Crippen molar-refractivity contribution >= 4 is 19.0 Å². The van der Waals surface area contributed by atoms with E-state index in [4.69, 9.17) is 4.74 Å². The zero-order valence-corrected chi connectivity index (χ0v) is 13.4. The number of benzene rings is 2. The van der Waals surface area contributed by atoms with E-state index in [1.807, 2.05) is 30.3 Å². The Bertz CT molecular complexity index is 610. The van der Waals surface area contributed by atoms with Crippen molar-refractivity contribution in [3.8, 4) is 5.75 Å². The molecule has 104 valence electrons. The van der Waals surface area contributed by atoms with Crippen LogP contribution in [-0.4, -0.2) is 21.0 Å². The lowest BCUT2D eigenvalue weighted by atomic mass is 10.0. The van der Waals surface area contributed by atoms with E-state index in [1.165, 1.54) is 5.19 Å². The van der Waals surface area contributed by atoms with Crippen molar-refractivity contribution in [2.24, 2.45) is 0 Å². The van der Waals surface area contributed by atoms with Crippen molar-refractivity contribution in [2.75, 3.05) is 7.11 Å². The van der Waals surface area contributed by atoms with Gasteiger partial charge in [0.2, 0.25) is 0 Å². The minimum Gasteiger partial charge on any atom is -0.496 e. The number of methoxy groups -OCH3 is 1. The molecule has 0 aliphatic carbocycles. The van der Waals surface area contributed by atoms with Crippen LogP contribution in [0.25, 0.3) is 0 Å². The van der Waals surface area contributed by atoms with E-state index in [0.29, 0.717) is 16.9 Å². The Kier molecular flexibility index (Phi) is 4.09. The molecule has 2 nitrogen and oxygen atoms in total. The molecule has 2 aromatic rings. The Morgan fingerprint density at radius 1 is 0.950 bits per heavy atom. The summed E-state index contributed by atoms with van der Waals surface area (Å²) in [6.45, 7) is 6.89. The average Bonchev–Trinajstić information content (AvgIpc) is 2.45. The number of carbonyl (C=O) groups excluding carboxylic acids is 1. The molecule has 0 aromatic heterocycles. The lowest BCUT2D eigenvalue weighted by Crippen LogP contribution is -2.37. The van der Waals surface area contributed by atoms with Gasteiger partial charge in [-0.3, -0.25) is 4.79 Å². The van der Waals surface area contributed by atoms with Gasteiger partial charge in [0, 0.05) is 5.56 Å². The van der Waals surface area contributed by atoms with Gasteiger partial charge >= 0.3 is 0 Å². The largest absolute Gasteiger partial charge is 0.496 e. The first-order valence-corrected chi connectivity index (χ1v) is 10.2. The van der Waals surface area contributed by atoms with Gasteiger partial charge in [0.25, 0.3) is 0 Å². The number of rotatable bonds is 4. The third kappa shape index (κ3) is 2.99. The summed E-state index contributed by atoms with van der Waals surface area (Å²) in [6, 6.07) is 15.3. The van der Waals surface area contributed by atoms with E-state index in [1.54, 1.807) is 13.2 Å². The molecule has 0 saturated carbocycles. The van der Waals surface area contributed by atoms with Gasteiger partial charge in [-0.05, 0) is 12.1 Å². The normalized spacial score (nSPS) is 11.2. The van der Waals surface area contributed by atoms with Gasteiger partial charge in [-0.25, -0.2) is 0 Å². The fourth-order valence-electron chi connectivity index (χ4n) is 2.11. The quantitative estimate of drug-likeness (QED) is 0.635. The van der Waals surface area contributed by atoms with Gasteiger partial charge in [-0.15, -0.1) is 0 Å². The third-order valence-corrected chi connectivity index (χ3v) is 5.43. The molecule has 2 aromatic carbocycles. The molecule has 0 bridgehead atoms. The molecule has 0 aliphatic rings. The topological polar surface area (TPSA) is 26.3 Å². The van der Waals surface area contributed by atoms with Crippen molar-refractivity contribution < 1.29 is 9.53 Å². The molecule has 0 amide bonds. The summed E-state index contributed by atoms with van der Waals surface area (Å²) in [5.41, 5.74) is 1.31. The molecule has 0 atom stereocenters. The van der Waals surface area contributed by atoms with Gasteiger partial charge in [0.05, 0.1) is 20.7 Å². The van der Waals surface area contributed by atoms with Crippen LogP contribution in [0.1, 0.15) is 15.9 Å². The van der Waals surface area contributed by atoms with Gasteiger partial charge in [0.1, 0.15) is 5.75 Å². The molecule has 0 aliphatic heterocycles. The highest BCUT2D eigenvalue weighted by Crippen LogP contribution is 2.21. The second-order valence-electron chi connectivity index (χ2n) is 5.86. The molecule has 2 rings (SSSR count). The molecule has 0 unspecified atom stereocenters. The van der Waals surface area contributed by atoms with Gasteiger partial charge in [-0.2, -0.15) is 0 Å². The van der Waals surface area contributed by atoms with Crippen LogP contribution in [0.5, 0.6) is 5.75 Å². The molecule has 0 radical (unpaired) electrons. The maximum Gasteiger partial charge on any atom is 0.196 e. The van der Waals surface area contributed by atoms with Crippen LogP contribution in [0.2, 0.25) is 19.6 Å². The molecule has 3 heteroatoms. The number of ether oxygens (including phenoxy) is 1. The SMILES string of the molecule is COc1ccccc1C(=O)c1ccc([Si](C)(C)C)cc1. The summed E-state index contributed by atoms with van der Waals surface area (Å²) in [7, 11) is 0.260. The van der Waals surface area contributed by atoms with E-state index in [0.717, 1.165) is 0 Å². The van der Waals surface area contributed by atoms with Crippen LogP contribution in [-0.2, 0) is 0 Å². The summed E-state index contributed by atoms with van der Waals surface area (Å²) in [5.74, 6) is 0.622. The van der Waals surface area contributed by atoms with E-state index in [9.17, 15) is 4.79 Å². The second-order valence-corrected chi connectivity index (χ2v) is 10.9. The number of hydrogen-bond acceptors (Lipinski definition) is 2. The molecule has 0 fully saturated rings. The van der Waals surface area contributed by atoms with Crippen LogP contribution >= 0.6 is 0 Å². The number of hydrogen-bond donors (Lipinski definition) is 0. The van der Waals surface area contributed by atoms with Crippen molar-refractivity contribution in [3.05, 3.63) is 59.7 Å². The highest BCUT2D eigenvalue weighted by atomic mass is 28.3. The minimum atomic E-state index is -1.32. The predicted molar refractivity (Wildman–Crippen MR) is 85.8 cm³/mol. The van der Waals surface area contributed by atoms with Crippen molar-refractivity contribution in [1.29, 1.82) is 0 Å². The summed E-state index contributed by atoms with van der Waals surface area (Å²) < 4.78 is 5.25. The Labute approximate surface area is 121 Å². The molecule has 0 N–H and O–H groups in total. The summed E-state index contributed by atoms with van der Waals surface area (Å²) >= 11 is 0. The van der Waals surface area contributed by atoms with E-state index < -0.39 is 8.07 Å². The molecule has 20 heavy (non-hydrogen) atoms. The van der Waals surface area contributed by atoms with E-state index in [-0.39, 0.29) is 5.78 Å². The average molecular weight is 284 g/mol. The summed E-state index contributed by atoms with van der Waals surface area (Å²) in [5, 5.41) is 1.36. The van der Waals surface area contributed by atoms with Crippen molar-refractivity contribution in [2.45, 2.75) is 19.6 Å². The Morgan fingerprint density at radius 3 is 2.10 bits per heavy atom. The van der Waals surface area contributed by atoms with Crippen molar-refractivity contribution in [1.82, 2.24) is 0 Å². The van der Waals surface area contributed by atoms with Crippen LogP contribution in [0.4, 0.5) is 0 Å². The van der Waals surface area contributed by atoms with Crippen LogP contribution < -0.4 is 9.92 Å². The van der Waals surface area contributed by atoms with Gasteiger partial charge in [-0.1, -0.05) is 61.2 Å². The third-order valence-electron chi connectivity index (χ3n) is 3.36.